The molecule has 1 aromatic rings. The lowest BCUT2D eigenvalue weighted by Crippen LogP contribution is -2.33. The Hall–Kier alpha value is -1.49. The van der Waals surface area contributed by atoms with Crippen LogP contribution in [0, 0.1) is 5.82 Å². The Labute approximate surface area is 112 Å². The first-order chi connectivity index (χ1) is 8.63. The fourth-order valence-corrected chi connectivity index (χ4v) is 1.46. The maximum atomic E-state index is 12.8. The monoisotopic (exact) mass is 267 g/mol. The zero-order valence-electron chi connectivity index (χ0n) is 10.7. The standard InChI is InChI=1S/C13H18FN3S/c1-3-4-9-15-13(18)17-16-10(2)11-5-7-12(14)8-6-11/h5-8H,3-4,9H2,1-2H3,(H2,15,17,18). The number of halogens is 1. The highest BCUT2D eigenvalue weighted by Gasteiger charge is 1.98. The van der Waals surface area contributed by atoms with Gasteiger partial charge in [0.1, 0.15) is 5.82 Å². The summed E-state index contributed by atoms with van der Waals surface area (Å²) in [6.07, 6.45) is 2.19. The van der Waals surface area contributed by atoms with E-state index in [1.54, 1.807) is 12.1 Å². The maximum Gasteiger partial charge on any atom is 0.186 e. The number of nitrogens with zero attached hydrogens (tertiary/aromatic N) is 1. The van der Waals surface area contributed by atoms with Gasteiger partial charge in [-0.15, -0.1) is 0 Å². The van der Waals surface area contributed by atoms with Crippen molar-refractivity contribution in [3.63, 3.8) is 0 Å². The van der Waals surface area contributed by atoms with E-state index in [1.165, 1.54) is 12.1 Å². The highest BCUT2D eigenvalue weighted by molar-refractivity contribution is 7.80. The molecule has 0 aliphatic heterocycles. The Bertz CT molecular complexity index is 415. The molecule has 0 bridgehead atoms. The highest BCUT2D eigenvalue weighted by Crippen LogP contribution is 2.03. The van der Waals surface area contributed by atoms with Crippen molar-refractivity contribution in [2.75, 3.05) is 6.54 Å². The van der Waals surface area contributed by atoms with Crippen LogP contribution in [0.3, 0.4) is 0 Å². The summed E-state index contributed by atoms with van der Waals surface area (Å²) >= 11 is 5.07. The summed E-state index contributed by atoms with van der Waals surface area (Å²) in [5.74, 6) is -0.253. The van der Waals surface area contributed by atoms with Crippen LogP contribution in [0.2, 0.25) is 0 Å². The molecule has 2 N–H and O–H groups in total. The van der Waals surface area contributed by atoms with Crippen molar-refractivity contribution in [1.29, 1.82) is 0 Å². The second-order valence-electron chi connectivity index (χ2n) is 3.93. The van der Waals surface area contributed by atoms with Gasteiger partial charge in [-0.1, -0.05) is 25.5 Å². The molecule has 0 saturated heterocycles. The largest absolute Gasteiger partial charge is 0.361 e. The van der Waals surface area contributed by atoms with Gasteiger partial charge in [0.15, 0.2) is 5.11 Å². The van der Waals surface area contributed by atoms with E-state index in [-0.39, 0.29) is 5.82 Å². The van der Waals surface area contributed by atoms with E-state index in [2.05, 4.69) is 22.8 Å². The molecule has 98 valence electrons. The van der Waals surface area contributed by atoms with Gasteiger partial charge in [0.25, 0.3) is 0 Å². The topological polar surface area (TPSA) is 36.4 Å². The minimum absolute atomic E-state index is 0.253. The van der Waals surface area contributed by atoms with E-state index in [1.807, 2.05) is 6.92 Å². The van der Waals surface area contributed by atoms with E-state index < -0.39 is 0 Å². The summed E-state index contributed by atoms with van der Waals surface area (Å²) in [5.41, 5.74) is 4.39. The lowest BCUT2D eigenvalue weighted by atomic mass is 10.1. The summed E-state index contributed by atoms with van der Waals surface area (Å²) in [7, 11) is 0. The van der Waals surface area contributed by atoms with E-state index >= 15 is 0 Å². The molecule has 0 aliphatic carbocycles. The van der Waals surface area contributed by atoms with Crippen LogP contribution in [0.5, 0.6) is 0 Å². The molecule has 0 saturated carbocycles. The number of hydrazone groups is 1. The third kappa shape index (κ3) is 5.23. The molecule has 3 nitrogen and oxygen atoms in total. The third-order valence-corrected chi connectivity index (χ3v) is 2.64. The smallest absolute Gasteiger partial charge is 0.186 e. The van der Waals surface area contributed by atoms with Crippen LogP contribution < -0.4 is 10.7 Å². The Morgan fingerprint density at radius 2 is 2.00 bits per heavy atom. The van der Waals surface area contributed by atoms with Crippen LogP contribution in [0.4, 0.5) is 4.39 Å². The van der Waals surface area contributed by atoms with Crippen LogP contribution >= 0.6 is 12.2 Å². The number of benzene rings is 1. The Balaban J connectivity index is 2.46. The van der Waals surface area contributed by atoms with Crippen molar-refractivity contribution in [2.45, 2.75) is 26.7 Å². The molecule has 0 aliphatic rings. The zero-order valence-corrected chi connectivity index (χ0v) is 11.5. The minimum atomic E-state index is -0.253. The van der Waals surface area contributed by atoms with Crippen LogP contribution in [-0.2, 0) is 0 Å². The second kappa shape index (κ2) is 7.76. The summed E-state index contributed by atoms with van der Waals surface area (Å²) in [6.45, 7) is 4.80. The molecule has 5 heteroatoms. The molecule has 0 amide bonds. The molecule has 0 fully saturated rings. The lowest BCUT2D eigenvalue weighted by Gasteiger charge is -2.07. The number of rotatable bonds is 5. The number of hydrogen-bond acceptors (Lipinski definition) is 2. The van der Waals surface area contributed by atoms with Crippen LogP contribution in [0.25, 0.3) is 0 Å². The lowest BCUT2D eigenvalue weighted by molar-refractivity contribution is 0.628. The SMILES string of the molecule is CCCCNC(=S)NN=C(C)c1ccc(F)cc1. The van der Waals surface area contributed by atoms with Gasteiger partial charge in [-0.3, -0.25) is 5.43 Å². The predicted octanol–water partition coefficient (Wildman–Crippen LogP) is 2.81. The Morgan fingerprint density at radius 3 is 2.61 bits per heavy atom. The number of hydrogen-bond donors (Lipinski definition) is 2. The molecule has 0 unspecified atom stereocenters. The third-order valence-electron chi connectivity index (χ3n) is 2.40. The van der Waals surface area contributed by atoms with Gasteiger partial charge in [0, 0.05) is 6.54 Å². The minimum Gasteiger partial charge on any atom is -0.361 e. The first-order valence-electron chi connectivity index (χ1n) is 5.97. The van der Waals surface area contributed by atoms with Crippen molar-refractivity contribution in [3.05, 3.63) is 35.6 Å². The Kier molecular flexibility index (Phi) is 6.28. The fraction of sp³-hybridized carbons (Fsp3) is 0.385. The molecule has 1 aromatic carbocycles. The molecule has 0 heterocycles. The molecular formula is C13H18FN3S. The number of nitrogens with one attached hydrogen (secondary N) is 2. The van der Waals surface area contributed by atoms with E-state index in [0.29, 0.717) is 5.11 Å². The summed E-state index contributed by atoms with van der Waals surface area (Å²) in [6, 6.07) is 6.19. The van der Waals surface area contributed by atoms with Crippen molar-refractivity contribution in [2.24, 2.45) is 5.10 Å². The molecule has 0 radical (unpaired) electrons. The number of thiocarbonyl (C=S) groups is 1. The maximum absolute atomic E-state index is 12.8. The average Bonchev–Trinajstić information content (AvgIpc) is 2.37. The van der Waals surface area contributed by atoms with Crippen LogP contribution in [0.1, 0.15) is 32.3 Å². The van der Waals surface area contributed by atoms with Gasteiger partial charge < -0.3 is 5.32 Å². The molecule has 0 atom stereocenters. The van der Waals surface area contributed by atoms with Gasteiger partial charge in [-0.05, 0) is 43.3 Å². The van der Waals surface area contributed by atoms with Gasteiger partial charge >= 0.3 is 0 Å². The van der Waals surface area contributed by atoms with Crippen molar-refractivity contribution >= 4 is 23.0 Å². The summed E-state index contributed by atoms with van der Waals surface area (Å²) in [5, 5.41) is 7.70. The van der Waals surface area contributed by atoms with Crippen molar-refractivity contribution in [3.8, 4) is 0 Å². The van der Waals surface area contributed by atoms with Gasteiger partial charge in [-0.25, -0.2) is 4.39 Å². The quantitative estimate of drug-likeness (QED) is 0.373. The van der Waals surface area contributed by atoms with E-state index in [9.17, 15) is 4.39 Å². The van der Waals surface area contributed by atoms with Gasteiger partial charge in [-0.2, -0.15) is 5.10 Å². The molecule has 0 spiro atoms. The summed E-state index contributed by atoms with van der Waals surface area (Å²) in [4.78, 5) is 0. The van der Waals surface area contributed by atoms with E-state index in [4.69, 9.17) is 12.2 Å². The first kappa shape index (κ1) is 14.6. The average molecular weight is 267 g/mol. The fourth-order valence-electron chi connectivity index (χ4n) is 1.31. The second-order valence-corrected chi connectivity index (χ2v) is 4.33. The van der Waals surface area contributed by atoms with Crippen LogP contribution in [-0.4, -0.2) is 17.4 Å². The van der Waals surface area contributed by atoms with Crippen molar-refractivity contribution in [1.82, 2.24) is 10.7 Å². The predicted molar refractivity (Wildman–Crippen MR) is 77.3 cm³/mol. The van der Waals surface area contributed by atoms with E-state index in [0.717, 1.165) is 30.7 Å². The van der Waals surface area contributed by atoms with Gasteiger partial charge in [0.2, 0.25) is 0 Å². The number of unbranched alkanes of at least 4 members (excludes halogenated alkanes) is 1. The zero-order chi connectivity index (χ0) is 13.4. The Morgan fingerprint density at radius 1 is 1.33 bits per heavy atom. The molecule has 0 aromatic heterocycles. The van der Waals surface area contributed by atoms with Gasteiger partial charge in [0.05, 0.1) is 5.71 Å². The molecular weight excluding hydrogens is 249 g/mol. The van der Waals surface area contributed by atoms with Crippen LogP contribution in [0.15, 0.2) is 29.4 Å². The highest BCUT2D eigenvalue weighted by atomic mass is 32.1. The van der Waals surface area contributed by atoms with Crippen molar-refractivity contribution < 1.29 is 4.39 Å². The summed E-state index contributed by atoms with van der Waals surface area (Å²) < 4.78 is 12.8. The molecule has 18 heavy (non-hydrogen) atoms. The first-order valence-corrected chi connectivity index (χ1v) is 6.38. The normalized spacial score (nSPS) is 11.2. The molecule has 1 rings (SSSR count).